The quantitative estimate of drug-likeness (QED) is 0.600. The van der Waals surface area contributed by atoms with Gasteiger partial charge >= 0.3 is 0 Å². The highest BCUT2D eigenvalue weighted by molar-refractivity contribution is 5.98. The molecule has 3 rings (SSSR count). The average molecular weight is 394 g/mol. The summed E-state index contributed by atoms with van der Waals surface area (Å²) in [5, 5.41) is 8.48. The number of alkyl halides is 2. The third-order valence-electron chi connectivity index (χ3n) is 4.66. The van der Waals surface area contributed by atoms with Crippen LogP contribution in [0.4, 0.5) is 30.5 Å². The second-order valence-corrected chi connectivity index (χ2v) is 6.64. The minimum atomic E-state index is -2.84. The molecule has 0 aliphatic heterocycles. The zero-order valence-electron chi connectivity index (χ0n) is 15.2. The number of hydrogen-bond donors (Lipinski definition) is 4. The Kier molecular flexibility index (Phi) is 5.68. The molecular formula is C18H21F3N6O. The Bertz CT molecular complexity index is 863. The van der Waals surface area contributed by atoms with E-state index in [0.29, 0.717) is 18.7 Å². The maximum Gasteiger partial charge on any atom is 0.265 e. The van der Waals surface area contributed by atoms with E-state index in [1.54, 1.807) is 0 Å². The molecule has 10 heteroatoms. The number of likely N-dealkylation sites (N-methyl/N-ethyl adjacent to an activating group) is 1. The SMILES string of the molecule is CN[C@@H]1[C@H](Nc2ccc(C(N)=O)c(Nc3cncc(F)c3)n2)CCCC1(F)F. The van der Waals surface area contributed by atoms with Crippen molar-refractivity contribution in [1.29, 1.82) is 0 Å². The van der Waals surface area contributed by atoms with Gasteiger partial charge in [-0.2, -0.15) is 0 Å². The second kappa shape index (κ2) is 8.01. The first-order valence-corrected chi connectivity index (χ1v) is 8.80. The van der Waals surface area contributed by atoms with E-state index in [1.165, 1.54) is 31.4 Å². The molecule has 0 unspecified atom stereocenters. The van der Waals surface area contributed by atoms with Crippen LogP contribution in [0.2, 0.25) is 0 Å². The first kappa shape index (κ1) is 19.9. The number of nitrogens with one attached hydrogen (secondary N) is 3. The maximum absolute atomic E-state index is 14.2. The van der Waals surface area contributed by atoms with Crippen LogP contribution < -0.4 is 21.7 Å². The molecule has 150 valence electrons. The number of nitrogens with zero attached hydrogens (tertiary/aromatic N) is 2. The van der Waals surface area contributed by atoms with Crippen molar-refractivity contribution in [3.05, 3.63) is 42.0 Å². The lowest BCUT2D eigenvalue weighted by molar-refractivity contribution is -0.0654. The number of amides is 1. The lowest BCUT2D eigenvalue weighted by Gasteiger charge is -2.38. The largest absolute Gasteiger partial charge is 0.365 e. The lowest BCUT2D eigenvalue weighted by Crippen LogP contribution is -2.56. The Morgan fingerprint density at radius 3 is 2.79 bits per heavy atom. The fraction of sp³-hybridized carbons (Fsp3) is 0.389. The van der Waals surface area contributed by atoms with Crippen LogP contribution in [0.5, 0.6) is 0 Å². The van der Waals surface area contributed by atoms with Gasteiger partial charge < -0.3 is 21.7 Å². The van der Waals surface area contributed by atoms with Crippen molar-refractivity contribution >= 4 is 23.2 Å². The van der Waals surface area contributed by atoms with Gasteiger partial charge in [0.25, 0.3) is 11.8 Å². The summed E-state index contributed by atoms with van der Waals surface area (Å²) in [6.45, 7) is 0. The van der Waals surface area contributed by atoms with Gasteiger partial charge in [0.2, 0.25) is 0 Å². The summed E-state index contributed by atoms with van der Waals surface area (Å²) in [6.07, 6.45) is 3.13. The van der Waals surface area contributed by atoms with Gasteiger partial charge in [-0.15, -0.1) is 0 Å². The van der Waals surface area contributed by atoms with E-state index in [-0.39, 0.29) is 23.5 Å². The fourth-order valence-electron chi connectivity index (χ4n) is 3.38. The smallest absolute Gasteiger partial charge is 0.265 e. The van der Waals surface area contributed by atoms with Crippen molar-refractivity contribution in [2.45, 2.75) is 37.3 Å². The molecule has 2 heterocycles. The topological polar surface area (TPSA) is 105 Å². The van der Waals surface area contributed by atoms with Gasteiger partial charge in [0.05, 0.1) is 29.7 Å². The molecule has 0 saturated heterocycles. The zero-order valence-corrected chi connectivity index (χ0v) is 15.2. The molecule has 0 spiro atoms. The number of anilines is 3. The first-order valence-electron chi connectivity index (χ1n) is 8.80. The van der Waals surface area contributed by atoms with Crippen molar-refractivity contribution < 1.29 is 18.0 Å². The van der Waals surface area contributed by atoms with E-state index in [1.807, 2.05) is 0 Å². The summed E-state index contributed by atoms with van der Waals surface area (Å²) in [7, 11) is 1.49. The van der Waals surface area contributed by atoms with Crippen molar-refractivity contribution in [2.75, 3.05) is 17.7 Å². The molecule has 5 N–H and O–H groups in total. The van der Waals surface area contributed by atoms with Gasteiger partial charge in [-0.25, -0.2) is 18.2 Å². The van der Waals surface area contributed by atoms with Crippen LogP contribution >= 0.6 is 0 Å². The van der Waals surface area contributed by atoms with Gasteiger partial charge in [-0.05, 0) is 32.0 Å². The van der Waals surface area contributed by atoms with E-state index in [0.717, 1.165) is 6.20 Å². The molecule has 0 bridgehead atoms. The van der Waals surface area contributed by atoms with E-state index in [4.69, 9.17) is 5.73 Å². The molecular weight excluding hydrogens is 373 g/mol. The van der Waals surface area contributed by atoms with Gasteiger partial charge in [-0.3, -0.25) is 9.78 Å². The summed E-state index contributed by atoms with van der Waals surface area (Å²) < 4.78 is 41.7. The number of carbonyl (C=O) groups excluding carboxylic acids is 1. The van der Waals surface area contributed by atoms with E-state index in [2.05, 4.69) is 25.9 Å². The average Bonchev–Trinajstić information content (AvgIpc) is 2.61. The molecule has 28 heavy (non-hydrogen) atoms. The standard InChI is InChI=1S/C18H21F3N6O/c1-23-15-13(3-2-6-18(15,20)21)26-14-5-4-12(16(22)28)17(27-14)25-11-7-10(19)8-24-9-11/h4-5,7-9,13,15,23H,2-3,6H2,1H3,(H2,22,28)(H2,25,26,27)/t13-,15-/m1/s1. The highest BCUT2D eigenvalue weighted by Crippen LogP contribution is 2.35. The van der Waals surface area contributed by atoms with Gasteiger partial charge in [0.15, 0.2) is 0 Å². The Balaban J connectivity index is 1.87. The van der Waals surface area contributed by atoms with Crippen molar-refractivity contribution in [3.8, 4) is 0 Å². The van der Waals surface area contributed by atoms with Gasteiger partial charge in [0.1, 0.15) is 17.5 Å². The Labute approximate surface area is 159 Å². The Morgan fingerprint density at radius 2 is 2.11 bits per heavy atom. The number of halogens is 3. The molecule has 2 atom stereocenters. The first-order chi connectivity index (χ1) is 13.3. The number of aromatic nitrogens is 2. The lowest BCUT2D eigenvalue weighted by atomic mass is 9.87. The van der Waals surface area contributed by atoms with Crippen molar-refractivity contribution in [3.63, 3.8) is 0 Å². The van der Waals surface area contributed by atoms with Crippen molar-refractivity contribution in [1.82, 2.24) is 15.3 Å². The van der Waals surface area contributed by atoms with Crippen LogP contribution in [-0.2, 0) is 0 Å². The number of pyridine rings is 2. The highest BCUT2D eigenvalue weighted by Gasteiger charge is 2.46. The molecule has 2 aromatic heterocycles. The normalized spacial score (nSPS) is 21.1. The minimum Gasteiger partial charge on any atom is -0.365 e. The third-order valence-corrected chi connectivity index (χ3v) is 4.66. The molecule has 1 fully saturated rings. The van der Waals surface area contributed by atoms with Crippen LogP contribution in [0.3, 0.4) is 0 Å². The summed E-state index contributed by atoms with van der Waals surface area (Å²) in [5.74, 6) is -3.77. The third kappa shape index (κ3) is 4.33. The number of hydrogen-bond acceptors (Lipinski definition) is 6. The molecule has 1 aliphatic carbocycles. The fourth-order valence-corrected chi connectivity index (χ4v) is 3.38. The van der Waals surface area contributed by atoms with Gasteiger partial charge in [0, 0.05) is 18.5 Å². The summed E-state index contributed by atoms with van der Waals surface area (Å²) in [6, 6.07) is 2.50. The Hall–Kier alpha value is -2.88. The van der Waals surface area contributed by atoms with Crippen LogP contribution in [0, 0.1) is 5.82 Å². The number of primary amides is 1. The molecule has 0 radical (unpaired) electrons. The molecule has 0 aromatic carbocycles. The van der Waals surface area contributed by atoms with E-state index >= 15 is 0 Å². The molecule has 7 nitrogen and oxygen atoms in total. The zero-order chi connectivity index (χ0) is 20.3. The van der Waals surface area contributed by atoms with E-state index in [9.17, 15) is 18.0 Å². The summed E-state index contributed by atoms with van der Waals surface area (Å²) in [4.78, 5) is 19.7. The number of nitrogens with two attached hydrogens (primary N) is 1. The molecule has 2 aromatic rings. The van der Waals surface area contributed by atoms with Crippen LogP contribution in [0.1, 0.15) is 29.6 Å². The second-order valence-electron chi connectivity index (χ2n) is 6.64. The number of carbonyl (C=O) groups is 1. The van der Waals surface area contributed by atoms with Crippen molar-refractivity contribution in [2.24, 2.45) is 5.73 Å². The molecule has 1 aliphatic rings. The summed E-state index contributed by atoms with van der Waals surface area (Å²) in [5.41, 5.74) is 5.72. The minimum absolute atomic E-state index is 0.0773. The number of rotatable bonds is 6. The monoisotopic (exact) mass is 394 g/mol. The van der Waals surface area contributed by atoms with Crippen LogP contribution in [-0.4, -0.2) is 40.9 Å². The van der Waals surface area contributed by atoms with Crippen LogP contribution in [0.15, 0.2) is 30.6 Å². The van der Waals surface area contributed by atoms with Gasteiger partial charge in [-0.1, -0.05) is 0 Å². The predicted octanol–water partition coefficient (Wildman–Crippen LogP) is 2.65. The van der Waals surface area contributed by atoms with Crippen LogP contribution in [0.25, 0.3) is 0 Å². The van der Waals surface area contributed by atoms with E-state index < -0.39 is 29.7 Å². The highest BCUT2D eigenvalue weighted by atomic mass is 19.3. The maximum atomic E-state index is 14.2. The summed E-state index contributed by atoms with van der Waals surface area (Å²) >= 11 is 0. The molecule has 1 amide bonds. The Morgan fingerprint density at radius 1 is 1.32 bits per heavy atom. The molecule has 1 saturated carbocycles. The predicted molar refractivity (Wildman–Crippen MR) is 99.3 cm³/mol.